The molecule has 0 aliphatic heterocycles. The van der Waals surface area contributed by atoms with Crippen molar-refractivity contribution in [3.8, 4) is 28.7 Å². The van der Waals surface area contributed by atoms with Gasteiger partial charge in [0.1, 0.15) is 0 Å². The predicted molar refractivity (Wildman–Crippen MR) is 102 cm³/mol. The van der Waals surface area contributed by atoms with Gasteiger partial charge in [0, 0.05) is 23.1 Å². The van der Waals surface area contributed by atoms with E-state index in [9.17, 15) is 15.0 Å². The quantitative estimate of drug-likeness (QED) is 0.760. The third-order valence-corrected chi connectivity index (χ3v) is 5.17. The van der Waals surface area contributed by atoms with Crippen LogP contribution in [0.5, 0.6) is 28.7 Å². The summed E-state index contributed by atoms with van der Waals surface area (Å²) in [4.78, 5) is 13.0. The summed E-state index contributed by atoms with van der Waals surface area (Å²) in [6, 6.07) is 6.25. The molecule has 2 aromatic carbocycles. The van der Waals surface area contributed by atoms with E-state index in [0.717, 1.165) is 0 Å². The van der Waals surface area contributed by atoms with Crippen LogP contribution >= 0.6 is 0 Å². The first-order valence-electron chi connectivity index (χ1n) is 8.87. The monoisotopic (exact) mass is 388 g/mol. The van der Waals surface area contributed by atoms with Crippen LogP contribution < -0.4 is 18.9 Å². The average Bonchev–Trinajstić information content (AvgIpc) is 2.85. The van der Waals surface area contributed by atoms with Gasteiger partial charge < -0.3 is 29.2 Å². The van der Waals surface area contributed by atoms with Crippen molar-refractivity contribution in [3.05, 3.63) is 41.0 Å². The molecular formula is C21H24O7. The van der Waals surface area contributed by atoms with Crippen molar-refractivity contribution >= 4 is 5.78 Å². The van der Waals surface area contributed by atoms with Crippen LogP contribution in [0.15, 0.2) is 24.3 Å². The van der Waals surface area contributed by atoms with E-state index in [1.54, 1.807) is 18.2 Å². The van der Waals surface area contributed by atoms with E-state index in [0.29, 0.717) is 47.0 Å². The van der Waals surface area contributed by atoms with Crippen molar-refractivity contribution < 1.29 is 34.0 Å². The fourth-order valence-electron chi connectivity index (χ4n) is 3.73. The fraction of sp³-hybridized carbons (Fsp3) is 0.381. The molecule has 0 spiro atoms. The number of rotatable bonds is 5. The van der Waals surface area contributed by atoms with Crippen LogP contribution in [0.3, 0.4) is 0 Å². The van der Waals surface area contributed by atoms with Crippen LogP contribution in [0, 0.1) is 0 Å². The first kappa shape index (κ1) is 19.8. The number of methoxy groups -OCH3 is 4. The lowest BCUT2D eigenvalue weighted by Gasteiger charge is -2.29. The Kier molecular flexibility index (Phi) is 5.38. The largest absolute Gasteiger partial charge is 0.504 e. The molecule has 1 unspecified atom stereocenters. The minimum Gasteiger partial charge on any atom is -0.504 e. The summed E-state index contributed by atoms with van der Waals surface area (Å²) in [5.41, 5.74) is -0.883. The summed E-state index contributed by atoms with van der Waals surface area (Å²) in [5.74, 6) is 0.852. The SMILES string of the molecule is COc1ccc2c(c1O)CCCC(=O)C2(O)c1cc(OC)c(OC)c(OC)c1. The molecule has 0 aromatic heterocycles. The van der Waals surface area contributed by atoms with Gasteiger partial charge in [0.05, 0.1) is 28.4 Å². The Morgan fingerprint density at radius 1 is 0.893 bits per heavy atom. The topological polar surface area (TPSA) is 94.5 Å². The number of carbonyl (C=O) groups is 1. The van der Waals surface area contributed by atoms with Gasteiger partial charge in [0.25, 0.3) is 0 Å². The number of aromatic hydroxyl groups is 1. The molecule has 0 heterocycles. The second kappa shape index (κ2) is 7.59. The number of Topliss-reactive ketones (excluding diaryl/α,β-unsaturated/α-hetero) is 1. The Balaban J connectivity index is 2.31. The molecule has 0 radical (unpaired) electrons. The molecular weight excluding hydrogens is 364 g/mol. The lowest BCUT2D eigenvalue weighted by molar-refractivity contribution is -0.134. The Labute approximate surface area is 163 Å². The van der Waals surface area contributed by atoms with Crippen LogP contribution in [0.25, 0.3) is 0 Å². The number of benzene rings is 2. The van der Waals surface area contributed by atoms with Gasteiger partial charge in [0.2, 0.25) is 5.75 Å². The first-order valence-corrected chi connectivity index (χ1v) is 8.87. The highest BCUT2D eigenvalue weighted by Gasteiger charge is 2.44. The minimum absolute atomic E-state index is 0.0689. The molecule has 28 heavy (non-hydrogen) atoms. The van der Waals surface area contributed by atoms with Crippen LogP contribution in [-0.4, -0.2) is 44.4 Å². The van der Waals surface area contributed by atoms with E-state index >= 15 is 0 Å². The van der Waals surface area contributed by atoms with Crippen molar-refractivity contribution in [2.24, 2.45) is 0 Å². The number of ketones is 1. The molecule has 1 atom stereocenters. The maximum atomic E-state index is 13.0. The second-order valence-electron chi connectivity index (χ2n) is 6.54. The maximum Gasteiger partial charge on any atom is 0.203 e. The number of phenolic OH excluding ortho intramolecular Hbond substituents is 1. The summed E-state index contributed by atoms with van der Waals surface area (Å²) >= 11 is 0. The summed E-state index contributed by atoms with van der Waals surface area (Å²) in [5, 5.41) is 22.3. The summed E-state index contributed by atoms with van der Waals surface area (Å²) < 4.78 is 21.3. The summed E-state index contributed by atoms with van der Waals surface area (Å²) in [7, 11) is 5.86. The highest BCUT2D eigenvalue weighted by Crippen LogP contribution is 2.47. The van der Waals surface area contributed by atoms with Crippen LogP contribution in [0.2, 0.25) is 0 Å². The van der Waals surface area contributed by atoms with Crippen LogP contribution in [0.1, 0.15) is 29.5 Å². The van der Waals surface area contributed by atoms with Gasteiger partial charge in [-0.25, -0.2) is 0 Å². The molecule has 0 bridgehead atoms. The van der Waals surface area contributed by atoms with Crippen molar-refractivity contribution in [3.63, 3.8) is 0 Å². The lowest BCUT2D eigenvalue weighted by atomic mass is 9.80. The number of aliphatic hydroxyl groups is 1. The molecule has 0 fully saturated rings. The molecule has 150 valence electrons. The van der Waals surface area contributed by atoms with Gasteiger partial charge in [-0.3, -0.25) is 4.79 Å². The molecule has 0 amide bonds. The molecule has 1 aliphatic rings. The molecule has 7 heteroatoms. The zero-order valence-corrected chi connectivity index (χ0v) is 16.4. The fourth-order valence-corrected chi connectivity index (χ4v) is 3.73. The zero-order valence-electron chi connectivity index (χ0n) is 16.4. The highest BCUT2D eigenvalue weighted by molar-refractivity contribution is 5.93. The molecule has 0 saturated carbocycles. The second-order valence-corrected chi connectivity index (χ2v) is 6.54. The Bertz CT molecular complexity index is 881. The van der Waals surface area contributed by atoms with Crippen molar-refractivity contribution in [2.75, 3.05) is 28.4 Å². The molecule has 2 aromatic rings. The van der Waals surface area contributed by atoms with E-state index in [1.165, 1.54) is 34.5 Å². The smallest absolute Gasteiger partial charge is 0.203 e. The van der Waals surface area contributed by atoms with E-state index in [-0.39, 0.29) is 23.5 Å². The average molecular weight is 388 g/mol. The molecule has 0 saturated heterocycles. The number of fused-ring (bicyclic) bond motifs is 1. The zero-order chi connectivity index (χ0) is 20.5. The van der Waals surface area contributed by atoms with Crippen molar-refractivity contribution in [2.45, 2.75) is 24.9 Å². The third-order valence-electron chi connectivity index (χ3n) is 5.17. The van der Waals surface area contributed by atoms with Gasteiger partial charge >= 0.3 is 0 Å². The van der Waals surface area contributed by atoms with Gasteiger partial charge in [-0.15, -0.1) is 0 Å². The van der Waals surface area contributed by atoms with E-state index in [1.807, 2.05) is 0 Å². The molecule has 2 N–H and O–H groups in total. The van der Waals surface area contributed by atoms with Crippen LogP contribution in [-0.2, 0) is 16.8 Å². The van der Waals surface area contributed by atoms with E-state index in [2.05, 4.69) is 0 Å². The standard InChI is InChI=1S/C21H24O7/c1-25-15-9-8-14-13(19(15)23)6-5-7-18(22)21(14,24)12-10-16(26-2)20(28-4)17(11-12)27-3/h8-11,23-24H,5-7H2,1-4H3. The lowest BCUT2D eigenvalue weighted by Crippen LogP contribution is -2.36. The maximum absolute atomic E-state index is 13.0. The van der Waals surface area contributed by atoms with Gasteiger partial charge in [0.15, 0.2) is 34.4 Å². The number of carbonyl (C=O) groups excluding carboxylic acids is 1. The minimum atomic E-state index is -1.97. The normalized spacial score (nSPS) is 18.8. The first-order chi connectivity index (χ1) is 13.4. The molecule has 3 rings (SSSR count). The van der Waals surface area contributed by atoms with Crippen molar-refractivity contribution in [1.82, 2.24) is 0 Å². The number of hydrogen-bond donors (Lipinski definition) is 2. The van der Waals surface area contributed by atoms with E-state index < -0.39 is 5.60 Å². The summed E-state index contributed by atoms with van der Waals surface area (Å²) in [6.45, 7) is 0. The number of ether oxygens (including phenoxy) is 4. The Morgan fingerprint density at radius 3 is 2.04 bits per heavy atom. The van der Waals surface area contributed by atoms with Gasteiger partial charge in [-0.2, -0.15) is 0 Å². The van der Waals surface area contributed by atoms with Gasteiger partial charge in [-0.1, -0.05) is 6.07 Å². The summed E-state index contributed by atoms with van der Waals surface area (Å²) in [6.07, 6.45) is 1.10. The number of phenols is 1. The molecule has 1 aliphatic carbocycles. The van der Waals surface area contributed by atoms with Gasteiger partial charge in [-0.05, 0) is 31.0 Å². The van der Waals surface area contributed by atoms with Crippen LogP contribution in [0.4, 0.5) is 0 Å². The molecule has 7 nitrogen and oxygen atoms in total. The van der Waals surface area contributed by atoms with Crippen molar-refractivity contribution in [1.29, 1.82) is 0 Å². The third kappa shape index (κ3) is 2.92. The number of hydrogen-bond acceptors (Lipinski definition) is 7. The Hall–Kier alpha value is -2.93. The highest BCUT2D eigenvalue weighted by atomic mass is 16.5. The predicted octanol–water partition coefficient (Wildman–Crippen LogP) is 2.57. The Morgan fingerprint density at radius 2 is 1.50 bits per heavy atom. The van der Waals surface area contributed by atoms with E-state index in [4.69, 9.17) is 18.9 Å².